The molecule has 0 aliphatic carbocycles. The summed E-state index contributed by atoms with van der Waals surface area (Å²) in [6, 6.07) is 15.8. The molecule has 19 heavy (non-hydrogen) atoms. The quantitative estimate of drug-likeness (QED) is 0.748. The van der Waals surface area contributed by atoms with Gasteiger partial charge in [-0.05, 0) is 35.9 Å². The highest BCUT2D eigenvalue weighted by atomic mass is 15.1. The molecular formula is C15H12N4. The van der Waals surface area contributed by atoms with E-state index in [0.29, 0.717) is 12.1 Å². The van der Waals surface area contributed by atoms with E-state index in [2.05, 4.69) is 21.6 Å². The maximum Gasteiger partial charge on any atom is 0.0991 e. The Morgan fingerprint density at radius 1 is 1.21 bits per heavy atom. The second-order valence-corrected chi connectivity index (χ2v) is 4.34. The second-order valence-electron chi connectivity index (χ2n) is 4.34. The highest BCUT2D eigenvalue weighted by Crippen LogP contribution is 2.17. The largest absolute Gasteiger partial charge is 0.381 e. The van der Waals surface area contributed by atoms with E-state index in [0.717, 1.165) is 22.2 Å². The summed E-state index contributed by atoms with van der Waals surface area (Å²) in [5.41, 5.74) is 3.81. The van der Waals surface area contributed by atoms with E-state index in [1.165, 1.54) is 0 Å². The van der Waals surface area contributed by atoms with E-state index in [1.807, 2.05) is 36.4 Å². The van der Waals surface area contributed by atoms with Crippen molar-refractivity contribution in [1.29, 1.82) is 5.26 Å². The molecule has 0 amide bonds. The summed E-state index contributed by atoms with van der Waals surface area (Å²) >= 11 is 0. The summed E-state index contributed by atoms with van der Waals surface area (Å²) in [6.07, 6.45) is 1.80. The van der Waals surface area contributed by atoms with Gasteiger partial charge >= 0.3 is 0 Å². The molecule has 0 radical (unpaired) electrons. The highest BCUT2D eigenvalue weighted by molar-refractivity contribution is 5.81. The van der Waals surface area contributed by atoms with Gasteiger partial charge < -0.3 is 5.32 Å². The van der Waals surface area contributed by atoms with Gasteiger partial charge in [-0.3, -0.25) is 5.10 Å². The molecule has 1 heterocycles. The Morgan fingerprint density at radius 3 is 3.05 bits per heavy atom. The number of rotatable bonds is 3. The van der Waals surface area contributed by atoms with E-state index >= 15 is 0 Å². The van der Waals surface area contributed by atoms with Gasteiger partial charge in [-0.25, -0.2) is 0 Å². The van der Waals surface area contributed by atoms with Crippen molar-refractivity contribution in [1.82, 2.24) is 10.2 Å². The topological polar surface area (TPSA) is 64.5 Å². The van der Waals surface area contributed by atoms with Gasteiger partial charge in [0.05, 0.1) is 23.3 Å². The van der Waals surface area contributed by atoms with Crippen LogP contribution in [-0.4, -0.2) is 10.2 Å². The Morgan fingerprint density at radius 2 is 2.16 bits per heavy atom. The maximum absolute atomic E-state index is 8.86. The molecule has 92 valence electrons. The molecule has 0 saturated heterocycles. The highest BCUT2D eigenvalue weighted by Gasteiger charge is 1.99. The summed E-state index contributed by atoms with van der Waals surface area (Å²) < 4.78 is 0. The average Bonchev–Trinajstić information content (AvgIpc) is 2.93. The number of nitriles is 1. The fourth-order valence-electron chi connectivity index (χ4n) is 2.00. The summed E-state index contributed by atoms with van der Waals surface area (Å²) in [6.45, 7) is 0.690. The van der Waals surface area contributed by atoms with Crippen LogP contribution in [0.25, 0.3) is 10.9 Å². The van der Waals surface area contributed by atoms with Crippen molar-refractivity contribution < 1.29 is 0 Å². The zero-order valence-electron chi connectivity index (χ0n) is 10.2. The minimum Gasteiger partial charge on any atom is -0.381 e. The number of H-pyrrole nitrogens is 1. The molecule has 0 aliphatic heterocycles. The third-order valence-corrected chi connectivity index (χ3v) is 2.99. The van der Waals surface area contributed by atoms with Gasteiger partial charge in [-0.2, -0.15) is 10.4 Å². The van der Waals surface area contributed by atoms with Gasteiger partial charge in [0.15, 0.2) is 0 Å². The second kappa shape index (κ2) is 4.83. The number of benzene rings is 2. The Balaban J connectivity index is 1.76. The molecule has 1 aromatic heterocycles. The number of hydrogen-bond donors (Lipinski definition) is 2. The van der Waals surface area contributed by atoms with E-state index in [-0.39, 0.29) is 0 Å². The van der Waals surface area contributed by atoms with Crippen molar-refractivity contribution in [2.75, 3.05) is 5.32 Å². The molecule has 3 rings (SSSR count). The summed E-state index contributed by atoms with van der Waals surface area (Å²) in [7, 11) is 0. The van der Waals surface area contributed by atoms with Crippen LogP contribution in [0.2, 0.25) is 0 Å². The minimum absolute atomic E-state index is 0.684. The Labute approximate surface area is 110 Å². The van der Waals surface area contributed by atoms with Crippen molar-refractivity contribution in [2.45, 2.75) is 6.54 Å². The van der Waals surface area contributed by atoms with Gasteiger partial charge in [0, 0.05) is 17.6 Å². The first-order chi connectivity index (χ1) is 9.35. The van der Waals surface area contributed by atoms with E-state index in [1.54, 1.807) is 12.3 Å². The van der Waals surface area contributed by atoms with E-state index < -0.39 is 0 Å². The van der Waals surface area contributed by atoms with Crippen LogP contribution in [0.3, 0.4) is 0 Å². The van der Waals surface area contributed by atoms with Crippen LogP contribution < -0.4 is 5.32 Å². The number of fused-ring (bicyclic) bond motifs is 1. The number of nitrogens with zero attached hydrogens (tertiary/aromatic N) is 2. The predicted octanol–water partition coefficient (Wildman–Crippen LogP) is 3.05. The molecule has 4 nitrogen and oxygen atoms in total. The first-order valence-corrected chi connectivity index (χ1v) is 6.01. The molecule has 3 aromatic rings. The summed E-state index contributed by atoms with van der Waals surface area (Å²) in [5, 5.41) is 20.2. The van der Waals surface area contributed by atoms with Gasteiger partial charge in [0.25, 0.3) is 0 Å². The van der Waals surface area contributed by atoms with Crippen LogP contribution in [0.4, 0.5) is 5.69 Å². The third kappa shape index (κ3) is 2.40. The van der Waals surface area contributed by atoms with Gasteiger partial charge in [-0.15, -0.1) is 0 Å². The lowest BCUT2D eigenvalue weighted by atomic mass is 10.1. The van der Waals surface area contributed by atoms with Crippen molar-refractivity contribution in [2.24, 2.45) is 0 Å². The Bertz CT molecular complexity index is 752. The summed E-state index contributed by atoms with van der Waals surface area (Å²) in [5.74, 6) is 0. The monoisotopic (exact) mass is 248 g/mol. The van der Waals surface area contributed by atoms with Gasteiger partial charge in [0.2, 0.25) is 0 Å². The molecular weight excluding hydrogens is 236 g/mol. The number of nitrogens with one attached hydrogen (secondary N) is 2. The first kappa shape index (κ1) is 11.3. The van der Waals surface area contributed by atoms with E-state index in [9.17, 15) is 0 Å². The zero-order chi connectivity index (χ0) is 13.1. The van der Waals surface area contributed by atoms with Crippen LogP contribution in [0, 0.1) is 11.3 Å². The molecule has 0 aliphatic rings. The van der Waals surface area contributed by atoms with E-state index in [4.69, 9.17) is 5.26 Å². The fourth-order valence-corrected chi connectivity index (χ4v) is 2.00. The van der Waals surface area contributed by atoms with Crippen LogP contribution in [0.1, 0.15) is 11.1 Å². The third-order valence-electron chi connectivity index (χ3n) is 2.99. The Hall–Kier alpha value is -2.80. The van der Waals surface area contributed by atoms with Crippen LogP contribution in [0.15, 0.2) is 48.7 Å². The lowest BCUT2D eigenvalue weighted by Crippen LogP contribution is -1.99. The van der Waals surface area contributed by atoms with Crippen molar-refractivity contribution >= 4 is 16.6 Å². The molecule has 0 saturated carbocycles. The first-order valence-electron chi connectivity index (χ1n) is 6.01. The molecule has 2 N–H and O–H groups in total. The lowest BCUT2D eigenvalue weighted by molar-refractivity contribution is 1.12. The SMILES string of the molecule is N#Cc1cccc(CNc2ccc3cn[nH]c3c2)c1. The van der Waals surface area contributed by atoms with Crippen molar-refractivity contribution in [3.63, 3.8) is 0 Å². The zero-order valence-corrected chi connectivity index (χ0v) is 10.2. The average molecular weight is 248 g/mol. The van der Waals surface area contributed by atoms with Gasteiger partial charge in [0.1, 0.15) is 0 Å². The number of anilines is 1. The number of aromatic nitrogens is 2. The molecule has 0 fully saturated rings. The molecule has 0 atom stereocenters. The molecule has 0 unspecified atom stereocenters. The minimum atomic E-state index is 0.684. The maximum atomic E-state index is 8.86. The van der Waals surface area contributed by atoms with Crippen LogP contribution >= 0.6 is 0 Å². The number of hydrogen-bond acceptors (Lipinski definition) is 3. The molecule has 0 spiro atoms. The Kier molecular flexibility index (Phi) is 2.87. The van der Waals surface area contributed by atoms with Gasteiger partial charge in [-0.1, -0.05) is 12.1 Å². The van der Waals surface area contributed by atoms with Crippen LogP contribution in [0.5, 0.6) is 0 Å². The summed E-state index contributed by atoms with van der Waals surface area (Å²) in [4.78, 5) is 0. The van der Waals surface area contributed by atoms with Crippen molar-refractivity contribution in [3.8, 4) is 6.07 Å². The molecule has 4 heteroatoms. The molecule has 2 aromatic carbocycles. The standard InChI is InChI=1S/C15H12N4/c16-8-11-2-1-3-12(6-11)9-17-14-5-4-13-10-18-19-15(13)7-14/h1-7,10,17H,9H2,(H,18,19). The molecule has 0 bridgehead atoms. The van der Waals surface area contributed by atoms with Crippen molar-refractivity contribution in [3.05, 3.63) is 59.8 Å². The predicted molar refractivity (Wildman–Crippen MR) is 74.6 cm³/mol. The number of aromatic amines is 1. The van der Waals surface area contributed by atoms with Crippen LogP contribution in [-0.2, 0) is 6.54 Å². The fraction of sp³-hybridized carbons (Fsp3) is 0.0667. The lowest BCUT2D eigenvalue weighted by Gasteiger charge is -2.06. The normalized spacial score (nSPS) is 10.3. The smallest absolute Gasteiger partial charge is 0.0991 e.